The molecule has 0 aliphatic carbocycles. The molecule has 3 aromatic rings. The molecule has 0 saturated carbocycles. The van der Waals surface area contributed by atoms with Crippen molar-refractivity contribution in [3.05, 3.63) is 89.0 Å². The van der Waals surface area contributed by atoms with E-state index in [1.807, 2.05) is 6.92 Å². The summed E-state index contributed by atoms with van der Waals surface area (Å²) in [6.07, 6.45) is 7.32. The van der Waals surface area contributed by atoms with E-state index in [2.05, 4.69) is 0 Å². The smallest absolute Gasteiger partial charge is 0.338 e. The van der Waals surface area contributed by atoms with Crippen molar-refractivity contribution in [2.45, 2.75) is 51.9 Å². The Bertz CT molecular complexity index is 1450. The first-order chi connectivity index (χ1) is 20.7. The number of carbonyl (C=O) groups excluding carboxylic acids is 3. The second kappa shape index (κ2) is 16.4. The van der Waals surface area contributed by atoms with Crippen LogP contribution in [0.25, 0.3) is 6.08 Å². The number of benzene rings is 3. The minimum absolute atomic E-state index is 0.104. The van der Waals surface area contributed by atoms with Gasteiger partial charge in [-0.3, -0.25) is 4.79 Å². The van der Waals surface area contributed by atoms with Crippen LogP contribution in [0.15, 0.2) is 66.7 Å². The minimum Gasteiger partial charge on any atom is -0.478 e. The minimum atomic E-state index is -1.07. The number of anilines is 2. The molecule has 3 rings (SSSR count). The molecule has 5 N–H and O–H groups in total. The molecule has 0 heterocycles. The number of nitrogen functional groups attached to an aromatic ring is 2. The van der Waals surface area contributed by atoms with Gasteiger partial charge in [0.15, 0.2) is 0 Å². The van der Waals surface area contributed by atoms with Crippen molar-refractivity contribution in [3.63, 3.8) is 0 Å². The zero-order valence-corrected chi connectivity index (χ0v) is 24.0. The third-order valence-electron chi connectivity index (χ3n) is 6.41. The van der Waals surface area contributed by atoms with Gasteiger partial charge in [0, 0.05) is 23.9 Å². The molecule has 3 aromatic carbocycles. The molecule has 0 unspecified atom stereocenters. The van der Waals surface area contributed by atoms with Crippen LogP contribution in [0.4, 0.5) is 11.4 Å². The molecule has 43 heavy (non-hydrogen) atoms. The molecule has 0 atom stereocenters. The molecule has 10 nitrogen and oxygen atoms in total. The first-order valence-corrected chi connectivity index (χ1v) is 14.0. The summed E-state index contributed by atoms with van der Waals surface area (Å²) in [7, 11) is 0. The second-order valence-corrected chi connectivity index (χ2v) is 9.81. The molecule has 0 aliphatic rings. The van der Waals surface area contributed by atoms with Crippen LogP contribution in [0.1, 0.15) is 77.3 Å². The summed E-state index contributed by atoms with van der Waals surface area (Å²) in [4.78, 5) is 47.7. The second-order valence-electron chi connectivity index (χ2n) is 9.81. The van der Waals surface area contributed by atoms with E-state index in [-0.39, 0.29) is 18.1 Å². The Labute approximate surface area is 250 Å². The molecule has 0 saturated heterocycles. The fourth-order valence-corrected chi connectivity index (χ4v) is 4.14. The summed E-state index contributed by atoms with van der Waals surface area (Å²) in [6, 6.07) is 15.7. The van der Waals surface area contributed by atoms with Crippen molar-refractivity contribution in [2.24, 2.45) is 0 Å². The predicted molar refractivity (Wildman–Crippen MR) is 163 cm³/mol. The predicted octanol–water partition coefficient (Wildman–Crippen LogP) is 5.83. The standard InChI is InChI=1S/C33H36N2O8/c1-2-3-8-30(36)42-25-14-16-26(17-15-25)43-31(37)18-11-22-9-12-23(13-10-22)33(40)41-19-6-4-5-7-27-28(32(38)39)20-24(34)21-29(27)35/h9-18,20-21H,2-8,19,34-35H2,1H3,(H,38,39)/b18-11+. The number of aromatic carboxylic acids is 1. The van der Waals surface area contributed by atoms with E-state index in [1.165, 1.54) is 12.1 Å². The lowest BCUT2D eigenvalue weighted by Gasteiger charge is -2.11. The van der Waals surface area contributed by atoms with E-state index in [9.17, 15) is 24.3 Å². The largest absolute Gasteiger partial charge is 0.478 e. The quantitative estimate of drug-likeness (QED) is 0.0645. The van der Waals surface area contributed by atoms with Gasteiger partial charge in [0.1, 0.15) is 11.5 Å². The third kappa shape index (κ3) is 10.7. The van der Waals surface area contributed by atoms with Gasteiger partial charge in [0.2, 0.25) is 0 Å². The van der Waals surface area contributed by atoms with E-state index in [0.29, 0.717) is 71.7 Å². The highest BCUT2D eigenvalue weighted by atomic mass is 16.5. The molecule has 0 amide bonds. The molecule has 0 spiro atoms. The molecule has 0 aliphatic heterocycles. The zero-order valence-electron chi connectivity index (χ0n) is 24.0. The van der Waals surface area contributed by atoms with E-state index in [4.69, 9.17) is 25.7 Å². The maximum atomic E-state index is 12.4. The summed E-state index contributed by atoms with van der Waals surface area (Å²) in [5.41, 5.74) is 14.0. The average Bonchev–Trinajstić information content (AvgIpc) is 2.98. The molecule has 0 radical (unpaired) electrons. The van der Waals surface area contributed by atoms with Gasteiger partial charge in [0.05, 0.1) is 17.7 Å². The fraction of sp³-hybridized carbons (Fsp3) is 0.273. The van der Waals surface area contributed by atoms with E-state index >= 15 is 0 Å². The van der Waals surface area contributed by atoms with Crippen molar-refractivity contribution >= 4 is 41.3 Å². The summed E-state index contributed by atoms with van der Waals surface area (Å²) < 4.78 is 15.8. The van der Waals surface area contributed by atoms with E-state index < -0.39 is 17.9 Å². The number of esters is 3. The number of carboxylic acid groups (broad SMARTS) is 1. The number of unbranched alkanes of at least 4 members (excludes halogenated alkanes) is 3. The van der Waals surface area contributed by atoms with Crippen molar-refractivity contribution in [1.29, 1.82) is 0 Å². The van der Waals surface area contributed by atoms with Crippen LogP contribution >= 0.6 is 0 Å². The topological polar surface area (TPSA) is 168 Å². The van der Waals surface area contributed by atoms with Crippen molar-refractivity contribution < 1.29 is 38.5 Å². The van der Waals surface area contributed by atoms with Crippen molar-refractivity contribution in [2.75, 3.05) is 18.1 Å². The van der Waals surface area contributed by atoms with E-state index in [1.54, 1.807) is 60.7 Å². The molecule has 226 valence electrons. The van der Waals surface area contributed by atoms with Gasteiger partial charge in [-0.05, 0) is 97.8 Å². The highest BCUT2D eigenvalue weighted by Gasteiger charge is 2.14. The molecule has 0 bridgehead atoms. The average molecular weight is 589 g/mol. The summed E-state index contributed by atoms with van der Waals surface area (Å²) in [5, 5.41) is 9.39. The lowest BCUT2D eigenvalue weighted by Crippen LogP contribution is -2.08. The van der Waals surface area contributed by atoms with Crippen LogP contribution < -0.4 is 20.9 Å². The van der Waals surface area contributed by atoms with Gasteiger partial charge in [-0.2, -0.15) is 0 Å². The maximum Gasteiger partial charge on any atom is 0.338 e. The summed E-state index contributed by atoms with van der Waals surface area (Å²) in [5.74, 6) is -1.75. The maximum absolute atomic E-state index is 12.4. The molecule has 10 heteroatoms. The lowest BCUT2D eigenvalue weighted by molar-refractivity contribution is -0.134. The first kappa shape index (κ1) is 32.4. The Morgan fingerprint density at radius 3 is 2.16 bits per heavy atom. The summed E-state index contributed by atoms with van der Waals surface area (Å²) in [6.45, 7) is 2.21. The van der Waals surface area contributed by atoms with Crippen molar-refractivity contribution in [3.8, 4) is 11.5 Å². The number of rotatable bonds is 15. The van der Waals surface area contributed by atoms with Crippen LogP contribution in [-0.4, -0.2) is 35.6 Å². The highest BCUT2D eigenvalue weighted by Crippen LogP contribution is 2.24. The van der Waals surface area contributed by atoms with Crippen LogP contribution in [0.3, 0.4) is 0 Å². The number of hydrogen-bond donors (Lipinski definition) is 3. The number of hydrogen-bond acceptors (Lipinski definition) is 9. The van der Waals surface area contributed by atoms with Crippen LogP contribution in [0, 0.1) is 0 Å². The zero-order chi connectivity index (χ0) is 31.2. The van der Waals surface area contributed by atoms with Crippen molar-refractivity contribution in [1.82, 2.24) is 0 Å². The third-order valence-corrected chi connectivity index (χ3v) is 6.41. The van der Waals surface area contributed by atoms with Gasteiger partial charge >= 0.3 is 23.9 Å². The Balaban J connectivity index is 1.38. The Kier molecular flexibility index (Phi) is 12.3. The normalized spacial score (nSPS) is 10.8. The highest BCUT2D eigenvalue weighted by molar-refractivity contribution is 5.93. The number of carbonyl (C=O) groups is 4. The van der Waals surface area contributed by atoms with Crippen LogP contribution in [0.5, 0.6) is 11.5 Å². The number of carboxylic acids is 1. The van der Waals surface area contributed by atoms with Gasteiger partial charge in [-0.25, -0.2) is 14.4 Å². The van der Waals surface area contributed by atoms with Gasteiger partial charge < -0.3 is 30.8 Å². The van der Waals surface area contributed by atoms with Gasteiger partial charge in [-0.1, -0.05) is 25.5 Å². The monoisotopic (exact) mass is 588 g/mol. The first-order valence-electron chi connectivity index (χ1n) is 14.0. The lowest BCUT2D eigenvalue weighted by atomic mass is 9.98. The molecule has 0 fully saturated rings. The van der Waals surface area contributed by atoms with Crippen LogP contribution in [-0.2, 0) is 20.7 Å². The Hall–Kier alpha value is -5.12. The SMILES string of the molecule is CCCCC(=O)Oc1ccc(OC(=O)/C=C/c2ccc(C(=O)OCCCCCc3c(N)cc(N)cc3C(=O)O)cc2)cc1. The molecule has 0 aromatic heterocycles. The van der Waals surface area contributed by atoms with Gasteiger partial charge in [-0.15, -0.1) is 0 Å². The van der Waals surface area contributed by atoms with E-state index in [0.717, 1.165) is 12.8 Å². The molecular weight excluding hydrogens is 552 g/mol. The fourth-order valence-electron chi connectivity index (χ4n) is 4.14. The van der Waals surface area contributed by atoms with Gasteiger partial charge in [0.25, 0.3) is 0 Å². The summed E-state index contributed by atoms with van der Waals surface area (Å²) >= 11 is 0. The Morgan fingerprint density at radius 2 is 1.51 bits per heavy atom. The molecular formula is C33H36N2O8. The number of ether oxygens (including phenoxy) is 3. The number of nitrogens with two attached hydrogens (primary N) is 2. The van der Waals surface area contributed by atoms with Crippen LogP contribution in [0.2, 0.25) is 0 Å². The Morgan fingerprint density at radius 1 is 0.837 bits per heavy atom.